The quantitative estimate of drug-likeness (QED) is 0.266. The Bertz CT molecular complexity index is 1440. The van der Waals surface area contributed by atoms with Crippen LogP contribution in [-0.4, -0.2) is 17.2 Å². The van der Waals surface area contributed by atoms with Crippen molar-refractivity contribution in [1.29, 1.82) is 0 Å². The van der Waals surface area contributed by atoms with Crippen molar-refractivity contribution < 1.29 is 14.5 Å². The number of carboxylic acid groups (broad SMARTS) is 1. The molecule has 38 heavy (non-hydrogen) atoms. The molecule has 0 saturated heterocycles. The summed E-state index contributed by atoms with van der Waals surface area (Å²) in [6.07, 6.45) is -1.22. The molecule has 0 spiro atoms. The minimum Gasteiger partial charge on any atom is -0.477 e. The van der Waals surface area contributed by atoms with Gasteiger partial charge >= 0.3 is 5.97 Å². The van der Waals surface area contributed by atoms with Crippen molar-refractivity contribution in [3.05, 3.63) is 151 Å². The van der Waals surface area contributed by atoms with Crippen LogP contribution in [-0.2, 0) is 11.3 Å². The molecule has 0 atom stereocenters. The molecule has 6 rings (SSSR count). The van der Waals surface area contributed by atoms with E-state index in [0.717, 1.165) is 10.2 Å². The fourth-order valence-corrected chi connectivity index (χ4v) is 6.25. The molecular weight excluding hydrogens is 485 g/mol. The van der Waals surface area contributed by atoms with Gasteiger partial charge < -0.3 is 5.11 Å². The Morgan fingerprint density at radius 1 is 0.579 bits per heavy atom. The number of carbonyl (C=O) groups is 1. The minimum absolute atomic E-state index is 0.0318. The first kappa shape index (κ1) is 25.2. The van der Waals surface area contributed by atoms with Crippen LogP contribution >= 0.6 is 11.3 Å². The molecule has 0 bridgehead atoms. The Labute approximate surface area is 227 Å². The Balaban J connectivity index is 0.000000190. The van der Waals surface area contributed by atoms with Gasteiger partial charge in [0, 0.05) is 6.07 Å². The van der Waals surface area contributed by atoms with Gasteiger partial charge in [0.05, 0.1) is 0 Å². The summed E-state index contributed by atoms with van der Waals surface area (Å²) in [4.78, 5) is 10.5. The van der Waals surface area contributed by atoms with Crippen molar-refractivity contribution >= 4 is 55.5 Å². The highest BCUT2D eigenvalue weighted by atomic mass is 32.1. The number of hydrogen-bond acceptors (Lipinski definition) is 2. The molecule has 0 aliphatic carbocycles. The van der Waals surface area contributed by atoms with Gasteiger partial charge in [0.25, 0.3) is 0 Å². The van der Waals surface area contributed by atoms with Gasteiger partial charge in [-0.25, -0.2) is 4.79 Å². The highest BCUT2D eigenvalue weighted by molar-refractivity contribution is 7.19. The predicted octanol–water partition coefficient (Wildman–Crippen LogP) is 4.34. The van der Waals surface area contributed by atoms with E-state index in [1.807, 2.05) is 29.8 Å². The minimum atomic E-state index is -1.22. The predicted molar refractivity (Wildman–Crippen MR) is 160 cm³/mol. The summed E-state index contributed by atoms with van der Waals surface area (Å²) in [5.41, 5.74) is 8.17. The molecule has 0 aliphatic rings. The molecular formula is C33H28BNO2S. The van der Waals surface area contributed by atoms with Crippen LogP contribution < -0.4 is 26.4 Å². The highest BCUT2D eigenvalue weighted by Crippen LogP contribution is 2.14. The van der Waals surface area contributed by atoms with Crippen LogP contribution in [0.4, 0.5) is 0 Å². The van der Waals surface area contributed by atoms with Gasteiger partial charge in [-0.05, 0) is 6.07 Å². The number of hydrogen-bond donors (Lipinski definition) is 1. The maximum absolute atomic E-state index is 10.5. The third-order valence-corrected chi connectivity index (χ3v) is 7.94. The second kappa shape index (κ2) is 11.7. The van der Waals surface area contributed by atoms with E-state index < -0.39 is 12.1 Å². The molecule has 5 aromatic carbocycles. The smallest absolute Gasteiger partial charge is 0.370 e. The fraction of sp³-hybridized carbons (Fsp3) is 0.0303. The van der Waals surface area contributed by atoms with E-state index in [1.54, 1.807) is 15.9 Å². The van der Waals surface area contributed by atoms with Gasteiger partial charge in [-0.3, -0.25) is 0 Å². The van der Waals surface area contributed by atoms with Crippen LogP contribution in [0.5, 0.6) is 0 Å². The number of nitrogens with zero attached hydrogens (tertiary/aromatic N) is 1. The van der Waals surface area contributed by atoms with Crippen LogP contribution in [0.3, 0.4) is 0 Å². The second-order valence-electron chi connectivity index (χ2n) is 9.22. The van der Waals surface area contributed by atoms with Crippen molar-refractivity contribution in [2.45, 2.75) is 6.54 Å². The van der Waals surface area contributed by atoms with E-state index in [-0.39, 0.29) is 6.54 Å². The number of fused-ring (bicyclic) bond motifs is 1. The van der Waals surface area contributed by atoms with Gasteiger partial charge in [-0.15, -0.1) is 0 Å². The molecule has 0 unspecified atom stereocenters. The standard InChI is InChI=1S/C24H20B.C9H7NO2S/c1-5-13-21(14-6-1)25(22-15-7-2-8-16-22,23-17-9-3-10-18-23)24-19-11-4-12-20-24;11-9(12)5-10-6-13-8-4-2-1-3-7(8)10/h1-20H;1-4,6H,5H2/q-1;/p+1. The Morgan fingerprint density at radius 3 is 1.34 bits per heavy atom. The van der Waals surface area contributed by atoms with Crippen molar-refractivity contribution in [2.24, 2.45) is 0 Å². The Morgan fingerprint density at radius 2 is 0.947 bits per heavy atom. The third kappa shape index (κ3) is 5.15. The van der Waals surface area contributed by atoms with Crippen molar-refractivity contribution in [3.8, 4) is 0 Å². The summed E-state index contributed by atoms with van der Waals surface area (Å²) in [6.45, 7) is 0.0318. The Hall–Kier alpha value is -4.48. The lowest BCUT2D eigenvalue weighted by Gasteiger charge is -2.44. The number of aromatic nitrogens is 1. The van der Waals surface area contributed by atoms with Gasteiger partial charge in [0.1, 0.15) is 10.8 Å². The van der Waals surface area contributed by atoms with Crippen molar-refractivity contribution in [1.82, 2.24) is 0 Å². The van der Waals surface area contributed by atoms with E-state index in [4.69, 9.17) is 5.11 Å². The van der Waals surface area contributed by atoms with E-state index >= 15 is 0 Å². The molecule has 0 aliphatic heterocycles. The molecule has 0 amide bonds. The lowest BCUT2D eigenvalue weighted by atomic mass is 9.13. The monoisotopic (exact) mass is 513 g/mol. The lowest BCUT2D eigenvalue weighted by molar-refractivity contribution is -0.655. The van der Waals surface area contributed by atoms with E-state index in [2.05, 4.69) is 121 Å². The zero-order chi connectivity index (χ0) is 26.2. The van der Waals surface area contributed by atoms with Gasteiger partial charge in [-0.2, -0.15) is 26.4 Å². The number of para-hydroxylation sites is 1. The van der Waals surface area contributed by atoms with E-state index in [9.17, 15) is 4.79 Å². The van der Waals surface area contributed by atoms with Gasteiger partial charge in [0.15, 0.2) is 0 Å². The molecule has 5 heteroatoms. The summed E-state index contributed by atoms with van der Waals surface area (Å²) >= 11 is 1.56. The summed E-state index contributed by atoms with van der Waals surface area (Å²) in [6, 6.07) is 51.3. The first-order valence-electron chi connectivity index (χ1n) is 12.6. The first-order valence-corrected chi connectivity index (χ1v) is 13.5. The summed E-state index contributed by atoms with van der Waals surface area (Å²) in [7, 11) is 0. The normalized spacial score (nSPS) is 10.9. The zero-order valence-electron chi connectivity index (χ0n) is 20.9. The van der Waals surface area contributed by atoms with Crippen molar-refractivity contribution in [2.75, 3.05) is 0 Å². The summed E-state index contributed by atoms with van der Waals surface area (Å²) in [5, 5.41) is 8.63. The molecule has 0 radical (unpaired) electrons. The third-order valence-electron chi connectivity index (χ3n) is 6.99. The molecule has 0 saturated carbocycles. The molecule has 0 fully saturated rings. The Kier molecular flexibility index (Phi) is 7.77. The van der Waals surface area contributed by atoms with E-state index in [1.165, 1.54) is 21.9 Å². The van der Waals surface area contributed by atoms with E-state index in [0.29, 0.717) is 0 Å². The fourth-order valence-electron chi connectivity index (χ4n) is 5.36. The molecule has 3 nitrogen and oxygen atoms in total. The van der Waals surface area contributed by atoms with Crippen LogP contribution in [0.25, 0.3) is 10.2 Å². The summed E-state index contributed by atoms with van der Waals surface area (Å²) < 4.78 is 2.85. The van der Waals surface area contributed by atoms with Gasteiger partial charge in [-0.1, -0.05) is 145 Å². The highest BCUT2D eigenvalue weighted by Gasteiger charge is 2.31. The first-order chi connectivity index (χ1) is 18.7. The summed E-state index contributed by atoms with van der Waals surface area (Å²) in [5.74, 6) is -0.812. The molecule has 1 aromatic heterocycles. The average molecular weight is 513 g/mol. The largest absolute Gasteiger partial charge is 0.477 e. The van der Waals surface area contributed by atoms with Crippen molar-refractivity contribution in [3.63, 3.8) is 0 Å². The average Bonchev–Trinajstić information content (AvgIpc) is 3.38. The number of carboxylic acids is 1. The lowest BCUT2D eigenvalue weighted by Crippen LogP contribution is -2.74. The second-order valence-corrected chi connectivity index (χ2v) is 10.1. The van der Waals surface area contributed by atoms with Gasteiger partial charge in [0.2, 0.25) is 17.6 Å². The molecule has 1 N–H and O–H groups in total. The zero-order valence-corrected chi connectivity index (χ0v) is 21.7. The number of benzene rings is 5. The van der Waals surface area contributed by atoms with Crippen LogP contribution in [0, 0.1) is 0 Å². The SMILES string of the molecule is O=C(O)C[n+]1csc2ccccc21.c1ccc([B-](c2ccccc2)(c2ccccc2)c2ccccc2)cc1. The number of aliphatic carboxylic acids is 1. The topological polar surface area (TPSA) is 41.2 Å². The van der Waals surface area contributed by atoms with Crippen LogP contribution in [0.15, 0.2) is 151 Å². The molecule has 186 valence electrons. The maximum Gasteiger partial charge on any atom is 0.370 e. The number of thiazole rings is 1. The number of rotatable bonds is 6. The van der Waals surface area contributed by atoms with Crippen LogP contribution in [0.2, 0.25) is 0 Å². The van der Waals surface area contributed by atoms with Crippen LogP contribution in [0.1, 0.15) is 0 Å². The molecule has 1 heterocycles. The molecule has 6 aromatic rings. The maximum atomic E-state index is 10.5.